The first-order valence-corrected chi connectivity index (χ1v) is 8.66. The summed E-state index contributed by atoms with van der Waals surface area (Å²) in [5, 5.41) is 13.1. The third-order valence-electron chi connectivity index (χ3n) is 3.80. The van der Waals surface area contributed by atoms with E-state index in [9.17, 15) is 0 Å². The Labute approximate surface area is 161 Å². The van der Waals surface area contributed by atoms with E-state index < -0.39 is 0 Å². The molecule has 0 amide bonds. The molecule has 0 aliphatic carbocycles. The molecule has 0 aromatic carbocycles. The van der Waals surface area contributed by atoms with Crippen molar-refractivity contribution in [2.75, 3.05) is 5.32 Å². The predicted molar refractivity (Wildman–Crippen MR) is 106 cm³/mol. The number of aryl methyl sites for hydroxylation is 1. The minimum absolute atomic E-state index is 0.495. The van der Waals surface area contributed by atoms with Crippen LogP contribution in [0, 0.1) is 0 Å². The van der Waals surface area contributed by atoms with E-state index in [-0.39, 0.29) is 0 Å². The Morgan fingerprint density at radius 3 is 2.85 bits per heavy atom. The highest BCUT2D eigenvalue weighted by Gasteiger charge is 2.15. The predicted octanol–water partition coefficient (Wildman–Crippen LogP) is 4.35. The van der Waals surface area contributed by atoms with E-state index in [0.717, 1.165) is 28.2 Å². The Bertz CT molecular complexity index is 1010. The molecule has 3 aromatic heterocycles. The molecule has 0 fully saturated rings. The van der Waals surface area contributed by atoms with Gasteiger partial charge in [0.1, 0.15) is 0 Å². The minimum Gasteiger partial charge on any atom is -0.378 e. The number of hydrogen-bond acceptors (Lipinski definition) is 4. The molecular formula is C18H18Cl2N6. The summed E-state index contributed by atoms with van der Waals surface area (Å²) in [5.74, 6) is 0. The van der Waals surface area contributed by atoms with Crippen LogP contribution in [-0.2, 0) is 13.6 Å². The van der Waals surface area contributed by atoms with Crippen LogP contribution in [0.2, 0.25) is 0 Å². The van der Waals surface area contributed by atoms with Crippen molar-refractivity contribution < 1.29 is 0 Å². The van der Waals surface area contributed by atoms with Gasteiger partial charge in [0.2, 0.25) is 0 Å². The van der Waals surface area contributed by atoms with Crippen molar-refractivity contribution in [3.05, 3.63) is 70.9 Å². The third kappa shape index (κ3) is 3.66. The molecule has 26 heavy (non-hydrogen) atoms. The van der Waals surface area contributed by atoms with E-state index in [2.05, 4.69) is 27.1 Å². The Hall–Kier alpha value is -2.57. The van der Waals surface area contributed by atoms with Crippen LogP contribution in [-0.4, -0.2) is 24.4 Å². The molecule has 6 nitrogen and oxygen atoms in total. The number of allylic oxidation sites excluding steroid dienone is 5. The minimum atomic E-state index is 0.495. The molecule has 8 heteroatoms. The molecule has 0 saturated carbocycles. The van der Waals surface area contributed by atoms with E-state index >= 15 is 0 Å². The number of aromatic nitrogens is 5. The van der Waals surface area contributed by atoms with Crippen molar-refractivity contribution in [2.24, 2.45) is 7.05 Å². The lowest BCUT2D eigenvalue weighted by Crippen LogP contribution is -2.04. The van der Waals surface area contributed by atoms with E-state index in [1.807, 2.05) is 19.3 Å². The molecule has 0 spiro atoms. The van der Waals surface area contributed by atoms with Crippen molar-refractivity contribution in [3.63, 3.8) is 0 Å². The zero-order valence-electron chi connectivity index (χ0n) is 14.4. The van der Waals surface area contributed by atoms with Gasteiger partial charge in [-0.15, -0.1) is 0 Å². The smallest absolute Gasteiger partial charge is 0.159 e. The van der Waals surface area contributed by atoms with Crippen molar-refractivity contribution >= 4 is 40.1 Å². The number of halogens is 2. The Kier molecular flexibility index (Phi) is 5.44. The maximum atomic E-state index is 6.35. The van der Waals surface area contributed by atoms with Crippen LogP contribution < -0.4 is 5.32 Å². The van der Waals surface area contributed by atoms with Gasteiger partial charge in [0.15, 0.2) is 5.65 Å². The normalized spacial score (nSPS) is 13.0. The third-order valence-corrected chi connectivity index (χ3v) is 4.26. The van der Waals surface area contributed by atoms with E-state index in [1.54, 1.807) is 46.9 Å². The summed E-state index contributed by atoms with van der Waals surface area (Å²) in [6, 6.07) is 1.84. The molecule has 0 radical (unpaired) electrons. The lowest BCUT2D eigenvalue weighted by Gasteiger charge is -2.11. The standard InChI is InChI=1S/C18H18Cl2N6/c1-4-15(20)14(8-12(2)19)17-16(11-23-25(17)3)22-9-13-10-24-26-7-5-6-21-18(13)26/h4-8,10-11,22H,1,9H2,2-3H3/b12-8+,15-14-. The van der Waals surface area contributed by atoms with Crippen LogP contribution in [0.5, 0.6) is 0 Å². The fraction of sp³-hybridized carbons (Fsp3) is 0.167. The van der Waals surface area contributed by atoms with Crippen molar-refractivity contribution in [1.29, 1.82) is 0 Å². The van der Waals surface area contributed by atoms with Gasteiger partial charge in [0.05, 0.1) is 23.8 Å². The Morgan fingerprint density at radius 1 is 1.31 bits per heavy atom. The van der Waals surface area contributed by atoms with E-state index in [4.69, 9.17) is 23.2 Å². The molecule has 134 valence electrons. The fourth-order valence-corrected chi connectivity index (χ4v) is 2.89. The van der Waals surface area contributed by atoms with Crippen LogP contribution in [0.15, 0.2) is 59.6 Å². The molecular weight excluding hydrogens is 371 g/mol. The molecule has 0 bridgehead atoms. The highest BCUT2D eigenvalue weighted by molar-refractivity contribution is 6.36. The number of nitrogens with one attached hydrogen (secondary N) is 1. The molecule has 0 unspecified atom stereocenters. The maximum Gasteiger partial charge on any atom is 0.159 e. The number of anilines is 1. The molecule has 0 saturated heterocycles. The molecule has 3 heterocycles. The summed E-state index contributed by atoms with van der Waals surface area (Å²) < 4.78 is 3.48. The van der Waals surface area contributed by atoms with Crippen LogP contribution in [0.1, 0.15) is 18.2 Å². The first-order chi connectivity index (χ1) is 12.5. The van der Waals surface area contributed by atoms with Gasteiger partial charge < -0.3 is 5.32 Å². The van der Waals surface area contributed by atoms with Gasteiger partial charge in [0, 0.05) is 47.2 Å². The largest absolute Gasteiger partial charge is 0.378 e. The highest BCUT2D eigenvalue weighted by atomic mass is 35.5. The first-order valence-electron chi connectivity index (χ1n) is 7.90. The molecule has 1 N–H and O–H groups in total. The second-order valence-corrected chi connectivity index (χ2v) is 6.64. The highest BCUT2D eigenvalue weighted by Crippen LogP contribution is 2.31. The summed E-state index contributed by atoms with van der Waals surface area (Å²) in [6.07, 6.45) is 10.5. The summed E-state index contributed by atoms with van der Waals surface area (Å²) in [6.45, 7) is 6.09. The van der Waals surface area contributed by atoms with Crippen LogP contribution in [0.25, 0.3) is 11.2 Å². The lowest BCUT2D eigenvalue weighted by molar-refractivity contribution is 0.757. The molecule has 0 atom stereocenters. The Morgan fingerprint density at radius 2 is 2.12 bits per heavy atom. The SMILES string of the molecule is C=C/C(Cl)=C(\C=C(/C)Cl)c1c(NCc2cnn3cccnc23)cnn1C. The van der Waals surface area contributed by atoms with Gasteiger partial charge in [-0.2, -0.15) is 10.2 Å². The fourth-order valence-electron chi connectivity index (χ4n) is 2.64. The molecule has 0 aliphatic heterocycles. The zero-order valence-corrected chi connectivity index (χ0v) is 16.0. The summed E-state index contributed by atoms with van der Waals surface area (Å²) >= 11 is 12.4. The first kappa shape index (κ1) is 18.2. The quantitative estimate of drug-likeness (QED) is 0.637. The van der Waals surface area contributed by atoms with Gasteiger partial charge in [-0.3, -0.25) is 4.68 Å². The second-order valence-electron chi connectivity index (χ2n) is 5.64. The van der Waals surface area contributed by atoms with E-state index in [1.165, 1.54) is 0 Å². The number of hydrogen-bond donors (Lipinski definition) is 1. The van der Waals surface area contributed by atoms with Gasteiger partial charge >= 0.3 is 0 Å². The summed E-state index contributed by atoms with van der Waals surface area (Å²) in [5.41, 5.74) is 4.17. The molecule has 3 rings (SSSR count). The van der Waals surface area contributed by atoms with Crippen LogP contribution >= 0.6 is 23.2 Å². The lowest BCUT2D eigenvalue weighted by atomic mass is 10.1. The average molecular weight is 389 g/mol. The zero-order chi connectivity index (χ0) is 18.7. The van der Waals surface area contributed by atoms with E-state index in [0.29, 0.717) is 16.6 Å². The van der Waals surface area contributed by atoms with Crippen LogP contribution in [0.4, 0.5) is 5.69 Å². The number of nitrogens with zero attached hydrogens (tertiary/aromatic N) is 5. The van der Waals surface area contributed by atoms with Crippen LogP contribution in [0.3, 0.4) is 0 Å². The summed E-state index contributed by atoms with van der Waals surface area (Å²) in [7, 11) is 1.85. The Balaban J connectivity index is 1.95. The number of rotatable bonds is 6. The van der Waals surface area contributed by atoms with Gasteiger partial charge in [0.25, 0.3) is 0 Å². The topological polar surface area (TPSA) is 60.0 Å². The monoisotopic (exact) mass is 388 g/mol. The van der Waals surface area contributed by atoms with Crippen molar-refractivity contribution in [3.8, 4) is 0 Å². The average Bonchev–Trinajstić information content (AvgIpc) is 3.20. The molecule has 0 aliphatic rings. The van der Waals surface area contributed by atoms with Gasteiger partial charge in [-0.25, -0.2) is 9.50 Å². The maximum absolute atomic E-state index is 6.35. The van der Waals surface area contributed by atoms with Gasteiger partial charge in [-0.05, 0) is 19.1 Å². The van der Waals surface area contributed by atoms with Gasteiger partial charge in [-0.1, -0.05) is 35.9 Å². The number of fused-ring (bicyclic) bond motifs is 1. The molecule has 3 aromatic rings. The second kappa shape index (κ2) is 7.76. The summed E-state index contributed by atoms with van der Waals surface area (Å²) in [4.78, 5) is 4.37. The van der Waals surface area contributed by atoms with Crippen molar-refractivity contribution in [2.45, 2.75) is 13.5 Å². The van der Waals surface area contributed by atoms with Crippen molar-refractivity contribution in [1.82, 2.24) is 24.4 Å².